The summed E-state index contributed by atoms with van der Waals surface area (Å²) in [5.74, 6) is 0.390. The Kier molecular flexibility index (Phi) is 8.21. The number of rotatable bonds is 10. The largest absolute Gasteiger partial charge is 0.495 e. The van der Waals surface area contributed by atoms with Crippen LogP contribution in [0.25, 0.3) is 0 Å². The highest BCUT2D eigenvalue weighted by molar-refractivity contribution is 7.14. The van der Waals surface area contributed by atoms with Gasteiger partial charge in [0, 0.05) is 18.3 Å². The molecule has 1 heterocycles. The molecule has 1 unspecified atom stereocenters. The first-order chi connectivity index (χ1) is 15.5. The van der Waals surface area contributed by atoms with Gasteiger partial charge in [-0.05, 0) is 23.6 Å². The van der Waals surface area contributed by atoms with Gasteiger partial charge >= 0.3 is 0 Å². The highest BCUT2D eigenvalue weighted by atomic mass is 32.1. The second-order valence-corrected chi connectivity index (χ2v) is 8.58. The van der Waals surface area contributed by atoms with Crippen LogP contribution in [0.3, 0.4) is 0 Å². The molecule has 1 atom stereocenters. The number of nitrogens with zero attached hydrogens (tertiary/aromatic N) is 1. The van der Waals surface area contributed by atoms with Crippen LogP contribution in [0, 0.1) is 5.92 Å². The van der Waals surface area contributed by atoms with E-state index in [-0.39, 0.29) is 11.6 Å². The van der Waals surface area contributed by atoms with Crippen molar-refractivity contribution < 1.29 is 14.3 Å². The van der Waals surface area contributed by atoms with Gasteiger partial charge in [-0.1, -0.05) is 56.3 Å². The predicted molar refractivity (Wildman–Crippen MR) is 128 cm³/mol. The summed E-state index contributed by atoms with van der Waals surface area (Å²) in [6.07, 6.45) is 0.396. The van der Waals surface area contributed by atoms with Gasteiger partial charge in [-0.2, -0.15) is 0 Å². The molecule has 2 aromatic carbocycles. The number of hydrogen-bond donors (Lipinski definition) is 3. The predicted octanol–water partition coefficient (Wildman–Crippen LogP) is 4.01. The molecule has 0 spiro atoms. The quantitative estimate of drug-likeness (QED) is 0.432. The first-order valence-electron chi connectivity index (χ1n) is 10.4. The monoisotopic (exact) mass is 452 g/mol. The minimum absolute atomic E-state index is 0.210. The maximum Gasteiger partial charge on any atom is 0.271 e. The van der Waals surface area contributed by atoms with Crippen molar-refractivity contribution in [2.45, 2.75) is 26.3 Å². The van der Waals surface area contributed by atoms with Crippen molar-refractivity contribution in [3.8, 4) is 5.75 Å². The smallest absolute Gasteiger partial charge is 0.271 e. The molecule has 3 N–H and O–H groups in total. The average molecular weight is 453 g/mol. The lowest BCUT2D eigenvalue weighted by molar-refractivity contribution is -0.123. The van der Waals surface area contributed by atoms with Gasteiger partial charge in [0.25, 0.3) is 5.91 Å². The fourth-order valence-electron chi connectivity index (χ4n) is 3.02. The van der Waals surface area contributed by atoms with E-state index in [1.54, 1.807) is 12.5 Å². The van der Waals surface area contributed by atoms with E-state index >= 15 is 0 Å². The van der Waals surface area contributed by atoms with Crippen molar-refractivity contribution in [1.82, 2.24) is 15.6 Å². The maximum atomic E-state index is 12.9. The fraction of sp³-hybridized carbons (Fsp3) is 0.292. The summed E-state index contributed by atoms with van der Waals surface area (Å²) in [4.78, 5) is 30.0. The van der Waals surface area contributed by atoms with Gasteiger partial charge in [-0.3, -0.25) is 9.59 Å². The minimum Gasteiger partial charge on any atom is -0.495 e. The van der Waals surface area contributed by atoms with Gasteiger partial charge in [-0.15, -0.1) is 11.3 Å². The Balaban J connectivity index is 1.70. The summed E-state index contributed by atoms with van der Waals surface area (Å²) >= 11 is 1.31. The van der Waals surface area contributed by atoms with E-state index in [9.17, 15) is 9.59 Å². The Bertz CT molecular complexity index is 1040. The molecule has 0 fully saturated rings. The molecule has 0 saturated carbocycles. The highest BCUT2D eigenvalue weighted by Gasteiger charge is 2.23. The lowest BCUT2D eigenvalue weighted by atomic mass is 10.0. The number of para-hydroxylation sites is 2. The average Bonchev–Trinajstić information content (AvgIpc) is 3.26. The zero-order valence-electron chi connectivity index (χ0n) is 18.4. The molecule has 32 heavy (non-hydrogen) atoms. The van der Waals surface area contributed by atoms with Crippen LogP contribution in [0.2, 0.25) is 0 Å². The van der Waals surface area contributed by atoms with Crippen LogP contribution < -0.4 is 20.7 Å². The van der Waals surface area contributed by atoms with Gasteiger partial charge in [0.1, 0.15) is 17.5 Å². The maximum absolute atomic E-state index is 12.9. The van der Waals surface area contributed by atoms with Crippen LogP contribution in [0.5, 0.6) is 5.75 Å². The summed E-state index contributed by atoms with van der Waals surface area (Å²) in [6, 6.07) is 16.4. The van der Waals surface area contributed by atoms with Crippen LogP contribution in [-0.2, 0) is 11.2 Å². The SMILES string of the molecule is COc1ccccc1Nc1nc(C(=O)NC(Cc2ccccc2)C(=O)NCC(C)C)cs1. The minimum atomic E-state index is -0.698. The number of aromatic nitrogens is 1. The number of methoxy groups -OCH3 is 1. The van der Waals surface area contributed by atoms with Gasteiger partial charge < -0.3 is 20.7 Å². The number of carbonyl (C=O) groups excluding carboxylic acids is 2. The second-order valence-electron chi connectivity index (χ2n) is 7.72. The van der Waals surface area contributed by atoms with Gasteiger partial charge in [0.15, 0.2) is 5.13 Å². The van der Waals surface area contributed by atoms with Crippen molar-refractivity contribution >= 4 is 34.0 Å². The standard InChI is InChI=1S/C24H28N4O3S/c1-16(2)14-25-22(29)19(13-17-9-5-4-6-10-17)26-23(30)20-15-32-24(28-20)27-18-11-7-8-12-21(18)31-3/h4-12,15-16,19H,13-14H2,1-3H3,(H,25,29)(H,26,30)(H,27,28). The molecule has 8 heteroatoms. The summed E-state index contributed by atoms with van der Waals surface area (Å²) < 4.78 is 5.34. The van der Waals surface area contributed by atoms with Crippen LogP contribution in [0.15, 0.2) is 60.0 Å². The lowest BCUT2D eigenvalue weighted by Crippen LogP contribution is -2.48. The second kappa shape index (κ2) is 11.3. The first-order valence-corrected chi connectivity index (χ1v) is 11.3. The van der Waals surface area contributed by atoms with E-state index in [4.69, 9.17) is 4.74 Å². The molecule has 0 aliphatic heterocycles. The lowest BCUT2D eigenvalue weighted by Gasteiger charge is -2.19. The van der Waals surface area contributed by atoms with E-state index in [0.29, 0.717) is 29.8 Å². The van der Waals surface area contributed by atoms with E-state index < -0.39 is 11.9 Å². The molecule has 3 aromatic rings. The first kappa shape index (κ1) is 23.3. The molecule has 0 aliphatic rings. The Hall–Kier alpha value is -3.39. The Morgan fingerprint density at radius 3 is 2.50 bits per heavy atom. The molecule has 1 aromatic heterocycles. The van der Waals surface area contributed by atoms with Crippen molar-refractivity contribution in [1.29, 1.82) is 0 Å². The van der Waals surface area contributed by atoms with Crippen molar-refractivity contribution in [3.05, 3.63) is 71.2 Å². The summed E-state index contributed by atoms with van der Waals surface area (Å²) in [5, 5.41) is 11.2. The van der Waals surface area contributed by atoms with Gasteiger partial charge in [0.05, 0.1) is 12.8 Å². The fourth-order valence-corrected chi connectivity index (χ4v) is 3.72. The molecular weight excluding hydrogens is 424 g/mol. The van der Waals surface area contributed by atoms with Gasteiger partial charge in [0.2, 0.25) is 5.91 Å². The third-order valence-corrected chi connectivity index (χ3v) is 5.43. The molecule has 3 rings (SSSR count). The van der Waals surface area contributed by atoms with E-state index in [1.807, 2.05) is 68.4 Å². The number of ether oxygens (including phenoxy) is 1. The van der Waals surface area contributed by atoms with Crippen molar-refractivity contribution in [2.75, 3.05) is 19.0 Å². The Labute approximate surface area is 192 Å². The molecule has 168 valence electrons. The van der Waals surface area contributed by atoms with Crippen molar-refractivity contribution in [3.63, 3.8) is 0 Å². The van der Waals surface area contributed by atoms with E-state index in [0.717, 1.165) is 11.3 Å². The van der Waals surface area contributed by atoms with Gasteiger partial charge in [-0.25, -0.2) is 4.98 Å². The Morgan fingerprint density at radius 1 is 1.06 bits per heavy atom. The molecule has 0 radical (unpaired) electrons. The normalized spacial score (nSPS) is 11.6. The molecular formula is C24H28N4O3S. The number of anilines is 2. The van der Waals surface area contributed by atoms with Crippen LogP contribution in [0.4, 0.5) is 10.8 Å². The molecule has 7 nitrogen and oxygen atoms in total. The molecule has 0 aliphatic carbocycles. The Morgan fingerprint density at radius 2 is 1.78 bits per heavy atom. The topological polar surface area (TPSA) is 92.3 Å². The third-order valence-electron chi connectivity index (χ3n) is 4.67. The van der Waals surface area contributed by atoms with E-state index in [2.05, 4.69) is 20.9 Å². The number of thiazole rings is 1. The number of nitrogens with one attached hydrogen (secondary N) is 3. The van der Waals surface area contributed by atoms with E-state index in [1.165, 1.54) is 11.3 Å². The molecule has 0 saturated heterocycles. The summed E-state index contributed by atoms with van der Waals surface area (Å²) in [5.41, 5.74) is 1.97. The number of benzene rings is 2. The number of carbonyl (C=O) groups is 2. The van der Waals surface area contributed by atoms with Crippen LogP contribution in [0.1, 0.15) is 29.9 Å². The molecule has 0 bridgehead atoms. The summed E-state index contributed by atoms with van der Waals surface area (Å²) in [7, 11) is 1.60. The number of amides is 2. The number of hydrogen-bond acceptors (Lipinski definition) is 6. The molecule has 2 amide bonds. The summed E-state index contributed by atoms with van der Waals surface area (Å²) in [6.45, 7) is 4.59. The van der Waals surface area contributed by atoms with Crippen molar-refractivity contribution in [2.24, 2.45) is 5.92 Å². The third kappa shape index (κ3) is 6.55. The zero-order valence-corrected chi connectivity index (χ0v) is 19.2. The van der Waals surface area contributed by atoms with Crippen LogP contribution in [-0.4, -0.2) is 36.5 Å². The zero-order chi connectivity index (χ0) is 22.9. The highest BCUT2D eigenvalue weighted by Crippen LogP contribution is 2.28. The van der Waals surface area contributed by atoms with Crippen LogP contribution >= 0.6 is 11.3 Å².